The summed E-state index contributed by atoms with van der Waals surface area (Å²) >= 11 is 0. The van der Waals surface area contributed by atoms with Crippen LogP contribution < -0.4 is 4.90 Å². The van der Waals surface area contributed by atoms with Gasteiger partial charge in [0.2, 0.25) is 5.91 Å². The maximum atomic E-state index is 12.9. The molecule has 0 aromatic carbocycles. The van der Waals surface area contributed by atoms with Crippen molar-refractivity contribution in [2.45, 2.75) is 25.0 Å². The average Bonchev–Trinajstić information content (AvgIpc) is 2.71. The van der Waals surface area contributed by atoms with Crippen molar-refractivity contribution < 1.29 is 17.1 Å². The highest BCUT2D eigenvalue weighted by Crippen LogP contribution is 2.24. The van der Waals surface area contributed by atoms with Crippen molar-refractivity contribution in [2.24, 2.45) is 0 Å². The first-order valence-electron chi connectivity index (χ1n) is 5.61. The number of nitrogens with zero attached hydrogens (tertiary/aromatic N) is 2. The van der Waals surface area contributed by atoms with Gasteiger partial charge in [-0.1, -0.05) is 13.0 Å². The van der Waals surface area contributed by atoms with Crippen LogP contribution in [0.3, 0.4) is 0 Å². The number of pyridine rings is 1. The quantitative estimate of drug-likeness (QED) is 0.771. The summed E-state index contributed by atoms with van der Waals surface area (Å²) in [6.45, 7) is 1.75. The summed E-state index contributed by atoms with van der Waals surface area (Å²) in [5.74, 6) is -0.0347. The molecule has 1 aromatic rings. The van der Waals surface area contributed by atoms with E-state index in [0.29, 0.717) is 12.2 Å². The number of hydrogen-bond donors (Lipinski definition) is 0. The zero-order chi connectivity index (χ0) is 13.3. The number of aryl methyl sites for hydroxylation is 1. The Morgan fingerprint density at radius 2 is 2.22 bits per heavy atom. The molecule has 1 atom stereocenters. The Morgan fingerprint density at radius 1 is 1.50 bits per heavy atom. The predicted molar refractivity (Wildman–Crippen MR) is 64.4 cm³/mol. The van der Waals surface area contributed by atoms with E-state index in [1.807, 2.05) is 13.0 Å². The molecule has 0 N–H and O–H groups in total. The molecule has 1 aliphatic rings. The summed E-state index contributed by atoms with van der Waals surface area (Å²) in [6, 6.07) is 5.17. The molecule has 0 bridgehead atoms. The molecule has 2 heterocycles. The maximum Gasteiger partial charge on any atom is 0.307 e. The van der Waals surface area contributed by atoms with Crippen LogP contribution in [0.5, 0.6) is 0 Å². The molecule has 98 valence electrons. The van der Waals surface area contributed by atoms with Gasteiger partial charge in [-0.25, -0.2) is 4.98 Å². The van der Waals surface area contributed by atoms with Crippen LogP contribution in [0.4, 0.5) is 9.70 Å². The molecule has 2 rings (SSSR count). The van der Waals surface area contributed by atoms with Gasteiger partial charge < -0.3 is 0 Å². The minimum absolute atomic E-state index is 0.169. The van der Waals surface area contributed by atoms with Gasteiger partial charge in [0.25, 0.3) is 0 Å². The second-order valence-electron chi connectivity index (χ2n) is 4.15. The van der Waals surface area contributed by atoms with E-state index in [2.05, 4.69) is 4.98 Å². The summed E-state index contributed by atoms with van der Waals surface area (Å²) in [5.41, 5.74) is 0.798. The second kappa shape index (κ2) is 4.64. The lowest BCUT2D eigenvalue weighted by atomic mass is 10.3. The molecule has 0 aliphatic carbocycles. The van der Waals surface area contributed by atoms with E-state index in [1.54, 1.807) is 12.1 Å². The van der Waals surface area contributed by atoms with E-state index in [9.17, 15) is 17.1 Å². The summed E-state index contributed by atoms with van der Waals surface area (Å²) in [6.07, 6.45) is 0.386. The Bertz CT molecular complexity index is 573. The van der Waals surface area contributed by atoms with Crippen molar-refractivity contribution in [3.63, 3.8) is 0 Å². The Hall–Kier alpha value is -1.50. The minimum Gasteiger partial charge on any atom is -0.295 e. The van der Waals surface area contributed by atoms with Crippen molar-refractivity contribution >= 4 is 21.9 Å². The van der Waals surface area contributed by atoms with E-state index < -0.39 is 21.4 Å². The molecular weight excluding hydrogens is 259 g/mol. The van der Waals surface area contributed by atoms with Gasteiger partial charge in [-0.05, 0) is 18.6 Å². The lowest BCUT2D eigenvalue weighted by Gasteiger charge is -2.15. The van der Waals surface area contributed by atoms with Crippen molar-refractivity contribution in [1.29, 1.82) is 0 Å². The third-order valence-electron chi connectivity index (χ3n) is 2.92. The molecule has 1 unspecified atom stereocenters. The third-order valence-corrected chi connectivity index (χ3v) is 4.03. The van der Waals surface area contributed by atoms with Crippen LogP contribution in [0.15, 0.2) is 18.2 Å². The molecule has 1 aliphatic heterocycles. The third kappa shape index (κ3) is 2.50. The molecule has 0 radical (unpaired) electrons. The summed E-state index contributed by atoms with van der Waals surface area (Å²) in [4.78, 5) is 17.1. The number of halogens is 1. The molecule has 7 heteroatoms. The summed E-state index contributed by atoms with van der Waals surface area (Å²) < 4.78 is 34.5. The lowest BCUT2D eigenvalue weighted by molar-refractivity contribution is -0.117. The molecule has 5 nitrogen and oxygen atoms in total. The fraction of sp³-hybridized carbons (Fsp3) is 0.455. The minimum atomic E-state index is -4.68. The monoisotopic (exact) mass is 272 g/mol. The van der Waals surface area contributed by atoms with Crippen LogP contribution in [-0.2, 0) is 21.4 Å². The van der Waals surface area contributed by atoms with Crippen molar-refractivity contribution in [3.8, 4) is 0 Å². The average molecular weight is 272 g/mol. The standard InChI is InChI=1S/C11H13FN2O3S/c1-2-8-4-3-5-10(13-8)14-7-9(6-11(14)15)18(12,16)17/h3-5,9H,2,6-7H2,1H3. The number of rotatable bonds is 3. The summed E-state index contributed by atoms with van der Waals surface area (Å²) in [7, 11) is -4.68. The fourth-order valence-corrected chi connectivity index (χ4v) is 2.57. The van der Waals surface area contributed by atoms with Gasteiger partial charge in [0.1, 0.15) is 11.1 Å². The molecule has 18 heavy (non-hydrogen) atoms. The molecule has 1 fully saturated rings. The van der Waals surface area contributed by atoms with Crippen LogP contribution >= 0.6 is 0 Å². The Morgan fingerprint density at radius 3 is 2.78 bits per heavy atom. The Kier molecular flexibility index (Phi) is 3.34. The second-order valence-corrected chi connectivity index (χ2v) is 5.76. The van der Waals surface area contributed by atoms with E-state index in [-0.39, 0.29) is 13.0 Å². The fourth-order valence-electron chi connectivity index (χ4n) is 1.90. The van der Waals surface area contributed by atoms with Gasteiger partial charge in [-0.2, -0.15) is 8.42 Å². The van der Waals surface area contributed by atoms with E-state index in [1.165, 1.54) is 4.90 Å². The molecule has 1 saturated heterocycles. The van der Waals surface area contributed by atoms with E-state index in [0.717, 1.165) is 5.69 Å². The normalized spacial score (nSPS) is 20.4. The van der Waals surface area contributed by atoms with Crippen LogP contribution in [0.1, 0.15) is 19.0 Å². The van der Waals surface area contributed by atoms with Crippen molar-refractivity contribution in [3.05, 3.63) is 23.9 Å². The van der Waals surface area contributed by atoms with Crippen LogP contribution in [0.2, 0.25) is 0 Å². The highest BCUT2D eigenvalue weighted by Gasteiger charge is 2.39. The Labute approximate surface area is 105 Å². The van der Waals surface area contributed by atoms with Gasteiger partial charge in [0.15, 0.2) is 0 Å². The van der Waals surface area contributed by atoms with Gasteiger partial charge in [-0.15, -0.1) is 3.89 Å². The molecule has 1 amide bonds. The first-order valence-corrected chi connectivity index (χ1v) is 7.06. The maximum absolute atomic E-state index is 12.9. The highest BCUT2D eigenvalue weighted by atomic mass is 32.3. The van der Waals surface area contributed by atoms with Gasteiger partial charge in [-0.3, -0.25) is 9.69 Å². The molecule has 0 saturated carbocycles. The topological polar surface area (TPSA) is 67.3 Å². The molecular formula is C11H13FN2O3S. The largest absolute Gasteiger partial charge is 0.307 e. The number of aromatic nitrogens is 1. The van der Waals surface area contributed by atoms with E-state index >= 15 is 0 Å². The predicted octanol–water partition coefficient (Wildman–Crippen LogP) is 1.05. The first kappa shape index (κ1) is 12.9. The van der Waals surface area contributed by atoms with Crippen molar-refractivity contribution in [2.75, 3.05) is 11.4 Å². The van der Waals surface area contributed by atoms with Gasteiger partial charge in [0, 0.05) is 18.7 Å². The molecule has 0 spiro atoms. The Balaban J connectivity index is 2.27. The number of anilines is 1. The first-order chi connectivity index (χ1) is 8.41. The van der Waals surface area contributed by atoms with Gasteiger partial charge in [0.05, 0.1) is 0 Å². The number of hydrogen-bond acceptors (Lipinski definition) is 4. The van der Waals surface area contributed by atoms with Crippen LogP contribution in [-0.4, -0.2) is 31.1 Å². The number of carbonyl (C=O) groups is 1. The SMILES string of the molecule is CCc1cccc(N2CC(S(=O)(=O)F)CC2=O)n1. The zero-order valence-electron chi connectivity index (χ0n) is 9.84. The summed E-state index contributed by atoms with van der Waals surface area (Å²) in [5, 5.41) is -1.28. The van der Waals surface area contributed by atoms with E-state index in [4.69, 9.17) is 0 Å². The smallest absolute Gasteiger partial charge is 0.295 e. The van der Waals surface area contributed by atoms with Crippen LogP contribution in [0, 0.1) is 0 Å². The lowest BCUT2D eigenvalue weighted by Crippen LogP contribution is -2.27. The highest BCUT2D eigenvalue weighted by molar-refractivity contribution is 7.87. The molecule has 1 aromatic heterocycles. The van der Waals surface area contributed by atoms with Crippen LogP contribution in [0.25, 0.3) is 0 Å². The number of carbonyl (C=O) groups excluding carboxylic acids is 1. The number of amides is 1. The zero-order valence-corrected chi connectivity index (χ0v) is 10.7. The van der Waals surface area contributed by atoms with Crippen molar-refractivity contribution in [1.82, 2.24) is 4.98 Å². The van der Waals surface area contributed by atoms with Gasteiger partial charge >= 0.3 is 10.2 Å².